The number of nitrogens with one attached hydrogen (secondary N) is 2. The standard InChI is InChI=1S/C16H25N3O2/c1-19-10-2-3-15(19)11-18-16(21)17-9-8-13-4-6-14(12-20)7-5-13/h4-7,15,20H,2-3,8-12H2,1H3,(H2,17,18,21). The molecular weight excluding hydrogens is 266 g/mol. The van der Waals surface area contributed by atoms with E-state index in [4.69, 9.17) is 5.11 Å². The highest BCUT2D eigenvalue weighted by Crippen LogP contribution is 2.13. The summed E-state index contributed by atoms with van der Waals surface area (Å²) in [5, 5.41) is 14.8. The lowest BCUT2D eigenvalue weighted by Gasteiger charge is -2.19. The number of nitrogens with zero attached hydrogens (tertiary/aromatic N) is 1. The minimum Gasteiger partial charge on any atom is -0.392 e. The van der Waals surface area contributed by atoms with Gasteiger partial charge in [-0.05, 0) is 44.0 Å². The van der Waals surface area contributed by atoms with Gasteiger partial charge in [0.1, 0.15) is 0 Å². The van der Waals surface area contributed by atoms with Crippen LogP contribution in [0.4, 0.5) is 4.79 Å². The molecule has 1 aromatic carbocycles. The van der Waals surface area contributed by atoms with Gasteiger partial charge in [-0.25, -0.2) is 4.79 Å². The second-order valence-electron chi connectivity index (χ2n) is 5.64. The first kappa shape index (κ1) is 15.8. The van der Waals surface area contributed by atoms with Crippen molar-refractivity contribution in [3.05, 3.63) is 35.4 Å². The molecule has 1 aliphatic rings. The summed E-state index contributed by atoms with van der Waals surface area (Å²) in [5.41, 5.74) is 2.06. The van der Waals surface area contributed by atoms with Gasteiger partial charge in [-0.2, -0.15) is 0 Å². The number of carbonyl (C=O) groups excluding carboxylic acids is 1. The van der Waals surface area contributed by atoms with Crippen molar-refractivity contribution < 1.29 is 9.90 Å². The minimum absolute atomic E-state index is 0.0660. The number of hydrogen-bond donors (Lipinski definition) is 3. The molecule has 1 saturated heterocycles. The van der Waals surface area contributed by atoms with Gasteiger partial charge in [0.25, 0.3) is 0 Å². The Bertz CT molecular complexity index is 447. The number of amides is 2. The van der Waals surface area contributed by atoms with Crippen LogP contribution >= 0.6 is 0 Å². The smallest absolute Gasteiger partial charge is 0.314 e. The van der Waals surface area contributed by atoms with Crippen LogP contribution in [0.2, 0.25) is 0 Å². The highest BCUT2D eigenvalue weighted by atomic mass is 16.3. The van der Waals surface area contributed by atoms with E-state index in [0.717, 1.165) is 30.5 Å². The van der Waals surface area contributed by atoms with E-state index >= 15 is 0 Å². The molecule has 1 heterocycles. The molecule has 0 aliphatic carbocycles. The van der Waals surface area contributed by atoms with E-state index in [0.29, 0.717) is 19.1 Å². The molecule has 1 fully saturated rings. The van der Waals surface area contributed by atoms with E-state index in [1.54, 1.807) is 0 Å². The van der Waals surface area contributed by atoms with Crippen LogP contribution in [0, 0.1) is 0 Å². The lowest BCUT2D eigenvalue weighted by atomic mass is 10.1. The Balaban J connectivity index is 1.62. The van der Waals surface area contributed by atoms with Gasteiger partial charge in [0.15, 0.2) is 0 Å². The third-order valence-electron chi connectivity index (χ3n) is 4.07. The van der Waals surface area contributed by atoms with Crippen molar-refractivity contribution in [1.29, 1.82) is 0 Å². The maximum Gasteiger partial charge on any atom is 0.314 e. The van der Waals surface area contributed by atoms with Crippen molar-refractivity contribution in [1.82, 2.24) is 15.5 Å². The molecule has 0 aromatic heterocycles. The topological polar surface area (TPSA) is 64.6 Å². The molecule has 5 nitrogen and oxygen atoms in total. The molecule has 1 aliphatic heterocycles. The summed E-state index contributed by atoms with van der Waals surface area (Å²) < 4.78 is 0. The molecule has 116 valence electrons. The van der Waals surface area contributed by atoms with Gasteiger partial charge < -0.3 is 20.6 Å². The summed E-state index contributed by atoms with van der Waals surface area (Å²) in [6.07, 6.45) is 3.17. The second kappa shape index (κ2) is 8.00. The Morgan fingerprint density at radius 2 is 2.00 bits per heavy atom. The van der Waals surface area contributed by atoms with E-state index in [1.807, 2.05) is 24.3 Å². The number of aliphatic hydroxyl groups excluding tert-OH is 1. The van der Waals surface area contributed by atoms with E-state index in [-0.39, 0.29) is 12.6 Å². The number of likely N-dealkylation sites (N-methyl/N-ethyl adjacent to an activating group) is 1. The Hall–Kier alpha value is -1.59. The molecule has 5 heteroatoms. The normalized spacial score (nSPS) is 18.7. The fraction of sp³-hybridized carbons (Fsp3) is 0.562. The molecule has 1 aromatic rings. The number of likely N-dealkylation sites (tertiary alicyclic amines) is 1. The quantitative estimate of drug-likeness (QED) is 0.736. The predicted octanol–water partition coefficient (Wildman–Crippen LogP) is 1.11. The zero-order valence-electron chi connectivity index (χ0n) is 12.6. The number of urea groups is 1. The molecule has 0 saturated carbocycles. The maximum absolute atomic E-state index is 11.7. The maximum atomic E-state index is 11.7. The second-order valence-corrected chi connectivity index (χ2v) is 5.64. The third-order valence-corrected chi connectivity index (χ3v) is 4.07. The fourth-order valence-corrected chi connectivity index (χ4v) is 2.64. The molecule has 3 N–H and O–H groups in total. The van der Waals surface area contributed by atoms with Gasteiger partial charge in [-0.3, -0.25) is 0 Å². The Kier molecular flexibility index (Phi) is 6.02. The predicted molar refractivity (Wildman–Crippen MR) is 83.1 cm³/mol. The number of aliphatic hydroxyl groups is 1. The van der Waals surface area contributed by atoms with Gasteiger partial charge in [0, 0.05) is 19.1 Å². The van der Waals surface area contributed by atoms with Crippen LogP contribution in [0.15, 0.2) is 24.3 Å². The van der Waals surface area contributed by atoms with Gasteiger partial charge in [-0.15, -0.1) is 0 Å². The molecule has 1 unspecified atom stereocenters. The Morgan fingerprint density at radius 3 is 2.62 bits per heavy atom. The Labute approximate surface area is 126 Å². The first-order valence-electron chi connectivity index (χ1n) is 7.59. The minimum atomic E-state index is -0.0951. The van der Waals surface area contributed by atoms with Crippen LogP contribution in [0.1, 0.15) is 24.0 Å². The van der Waals surface area contributed by atoms with Crippen LogP contribution in [0.5, 0.6) is 0 Å². The van der Waals surface area contributed by atoms with Gasteiger partial charge in [0.05, 0.1) is 6.61 Å². The van der Waals surface area contributed by atoms with E-state index < -0.39 is 0 Å². The first-order chi connectivity index (χ1) is 10.2. The molecule has 21 heavy (non-hydrogen) atoms. The summed E-state index contributed by atoms with van der Waals surface area (Å²) in [7, 11) is 2.10. The monoisotopic (exact) mass is 291 g/mol. The lowest BCUT2D eigenvalue weighted by Crippen LogP contribution is -2.43. The molecule has 2 rings (SSSR count). The summed E-state index contributed by atoms with van der Waals surface area (Å²) in [4.78, 5) is 14.0. The number of hydrogen-bond acceptors (Lipinski definition) is 3. The van der Waals surface area contributed by atoms with Crippen molar-refractivity contribution in [3.8, 4) is 0 Å². The zero-order chi connectivity index (χ0) is 15.1. The van der Waals surface area contributed by atoms with Crippen LogP contribution in [-0.4, -0.2) is 48.8 Å². The zero-order valence-corrected chi connectivity index (χ0v) is 12.6. The van der Waals surface area contributed by atoms with Crippen LogP contribution in [-0.2, 0) is 13.0 Å². The number of rotatable bonds is 6. The van der Waals surface area contributed by atoms with E-state index in [1.165, 1.54) is 6.42 Å². The average molecular weight is 291 g/mol. The van der Waals surface area contributed by atoms with Crippen LogP contribution in [0.25, 0.3) is 0 Å². The van der Waals surface area contributed by atoms with E-state index in [2.05, 4.69) is 22.6 Å². The van der Waals surface area contributed by atoms with Crippen molar-refractivity contribution >= 4 is 6.03 Å². The van der Waals surface area contributed by atoms with Gasteiger partial charge >= 0.3 is 6.03 Å². The highest BCUT2D eigenvalue weighted by molar-refractivity contribution is 5.73. The molecule has 0 radical (unpaired) electrons. The summed E-state index contributed by atoms with van der Waals surface area (Å²) >= 11 is 0. The van der Waals surface area contributed by atoms with Crippen molar-refractivity contribution in [3.63, 3.8) is 0 Å². The van der Waals surface area contributed by atoms with Crippen LogP contribution < -0.4 is 10.6 Å². The van der Waals surface area contributed by atoms with Gasteiger partial charge in [-0.1, -0.05) is 24.3 Å². The molecular formula is C16H25N3O2. The number of benzene rings is 1. The average Bonchev–Trinajstić information content (AvgIpc) is 2.91. The first-order valence-corrected chi connectivity index (χ1v) is 7.59. The van der Waals surface area contributed by atoms with Crippen molar-refractivity contribution in [2.45, 2.75) is 31.9 Å². The lowest BCUT2D eigenvalue weighted by molar-refractivity contribution is 0.234. The SMILES string of the molecule is CN1CCCC1CNC(=O)NCCc1ccc(CO)cc1. The molecule has 0 bridgehead atoms. The highest BCUT2D eigenvalue weighted by Gasteiger charge is 2.20. The van der Waals surface area contributed by atoms with Crippen molar-refractivity contribution in [2.24, 2.45) is 0 Å². The molecule has 2 amide bonds. The molecule has 1 atom stereocenters. The summed E-state index contributed by atoms with van der Waals surface area (Å²) in [6, 6.07) is 8.16. The largest absolute Gasteiger partial charge is 0.392 e. The third kappa shape index (κ3) is 5.02. The fourth-order valence-electron chi connectivity index (χ4n) is 2.64. The Morgan fingerprint density at radius 1 is 1.29 bits per heavy atom. The molecule has 0 spiro atoms. The van der Waals surface area contributed by atoms with Crippen LogP contribution in [0.3, 0.4) is 0 Å². The van der Waals surface area contributed by atoms with E-state index in [9.17, 15) is 4.79 Å². The number of carbonyl (C=O) groups is 1. The van der Waals surface area contributed by atoms with Crippen molar-refractivity contribution in [2.75, 3.05) is 26.7 Å². The summed E-state index contributed by atoms with van der Waals surface area (Å²) in [6.45, 7) is 2.52. The summed E-state index contributed by atoms with van der Waals surface area (Å²) in [5.74, 6) is 0. The van der Waals surface area contributed by atoms with Gasteiger partial charge in [0.2, 0.25) is 0 Å².